The number of aryl methyl sites for hydroxylation is 1. The third-order valence-electron chi connectivity index (χ3n) is 6.32. The highest BCUT2D eigenvalue weighted by atomic mass is 32.2. The molecule has 0 aliphatic heterocycles. The van der Waals surface area contributed by atoms with E-state index in [0.717, 1.165) is 66.5 Å². The predicted molar refractivity (Wildman–Crippen MR) is 113 cm³/mol. The number of halogens is 1. The summed E-state index contributed by atoms with van der Waals surface area (Å²) in [7, 11) is -3.88. The number of aliphatic carboxylic acids is 1. The Morgan fingerprint density at radius 3 is 2.52 bits per heavy atom. The molecule has 0 saturated heterocycles. The van der Waals surface area contributed by atoms with Gasteiger partial charge in [0.2, 0.25) is 0 Å². The van der Waals surface area contributed by atoms with Gasteiger partial charge in [-0.2, -0.15) is 0 Å². The maximum atomic E-state index is 13.3. The Balaban J connectivity index is 1.77. The molecule has 0 bridgehead atoms. The van der Waals surface area contributed by atoms with Gasteiger partial charge in [-0.25, -0.2) is 17.6 Å². The third kappa shape index (κ3) is 4.19. The molecule has 2 aromatic rings. The maximum absolute atomic E-state index is 13.3. The third-order valence-corrected chi connectivity index (χ3v) is 8.29. The standard InChI is InChI=1S/C23H26FNO5S/c24-15-8-10-16(11-9-15)31(28,29)23(25)19-7-3-6-18-20(19)12-14-4-1-2-5-17(14)22(18)30-13-21(26)27/h8-12,19,23H,1-7,13,25H2,(H,26,27). The molecule has 6 nitrogen and oxygen atoms in total. The van der Waals surface area contributed by atoms with Crippen molar-refractivity contribution in [1.82, 2.24) is 0 Å². The molecule has 166 valence electrons. The van der Waals surface area contributed by atoms with E-state index in [-0.39, 0.29) is 4.90 Å². The van der Waals surface area contributed by atoms with Gasteiger partial charge in [0, 0.05) is 5.92 Å². The maximum Gasteiger partial charge on any atom is 0.341 e. The van der Waals surface area contributed by atoms with Gasteiger partial charge in [0.15, 0.2) is 16.4 Å². The normalized spacial score (nSPS) is 19.2. The van der Waals surface area contributed by atoms with Crippen molar-refractivity contribution in [3.05, 3.63) is 58.4 Å². The van der Waals surface area contributed by atoms with Crippen LogP contribution in [0.1, 0.15) is 53.9 Å². The molecule has 2 aromatic carbocycles. The Labute approximate surface area is 181 Å². The number of carbonyl (C=O) groups is 1. The molecule has 2 unspecified atom stereocenters. The second-order valence-electron chi connectivity index (χ2n) is 8.26. The Bertz CT molecular complexity index is 1100. The van der Waals surface area contributed by atoms with Gasteiger partial charge in [-0.1, -0.05) is 6.07 Å². The van der Waals surface area contributed by atoms with Crippen molar-refractivity contribution >= 4 is 15.8 Å². The van der Waals surface area contributed by atoms with E-state index in [9.17, 15) is 17.6 Å². The van der Waals surface area contributed by atoms with Crippen molar-refractivity contribution in [2.24, 2.45) is 5.73 Å². The number of fused-ring (bicyclic) bond motifs is 2. The number of ether oxygens (including phenoxy) is 1. The van der Waals surface area contributed by atoms with Crippen molar-refractivity contribution < 1.29 is 27.4 Å². The first-order valence-corrected chi connectivity index (χ1v) is 12.1. The lowest BCUT2D eigenvalue weighted by Gasteiger charge is -2.33. The first-order chi connectivity index (χ1) is 14.8. The molecule has 0 aromatic heterocycles. The van der Waals surface area contributed by atoms with Gasteiger partial charge in [-0.15, -0.1) is 0 Å². The Morgan fingerprint density at radius 1 is 1.13 bits per heavy atom. The largest absolute Gasteiger partial charge is 0.481 e. The zero-order valence-electron chi connectivity index (χ0n) is 17.1. The summed E-state index contributed by atoms with van der Waals surface area (Å²) >= 11 is 0. The highest BCUT2D eigenvalue weighted by Gasteiger charge is 2.37. The quantitative estimate of drug-likeness (QED) is 0.658. The van der Waals surface area contributed by atoms with Gasteiger partial charge >= 0.3 is 5.97 Å². The predicted octanol–water partition coefficient (Wildman–Crippen LogP) is 3.35. The number of benzene rings is 2. The van der Waals surface area contributed by atoms with Crippen LogP contribution >= 0.6 is 0 Å². The van der Waals surface area contributed by atoms with Gasteiger partial charge in [0.1, 0.15) is 16.9 Å². The topological polar surface area (TPSA) is 107 Å². The summed E-state index contributed by atoms with van der Waals surface area (Å²) in [6.45, 7) is -0.437. The van der Waals surface area contributed by atoms with E-state index in [4.69, 9.17) is 15.6 Å². The molecule has 0 fully saturated rings. The number of carboxylic acid groups (broad SMARTS) is 1. The van der Waals surface area contributed by atoms with E-state index in [1.807, 2.05) is 0 Å². The molecule has 31 heavy (non-hydrogen) atoms. The summed E-state index contributed by atoms with van der Waals surface area (Å²) in [5.74, 6) is -1.41. The van der Waals surface area contributed by atoms with Crippen LogP contribution in [0.4, 0.5) is 4.39 Å². The molecule has 2 atom stereocenters. The fourth-order valence-electron chi connectivity index (χ4n) is 4.83. The number of rotatable bonds is 6. The molecule has 2 aliphatic rings. The van der Waals surface area contributed by atoms with Crippen molar-refractivity contribution in [1.29, 1.82) is 0 Å². The Hall–Kier alpha value is -2.45. The van der Waals surface area contributed by atoms with Gasteiger partial charge in [0.25, 0.3) is 0 Å². The molecule has 2 aliphatic carbocycles. The molecular formula is C23H26FNO5S. The van der Waals surface area contributed by atoms with Gasteiger partial charge < -0.3 is 15.6 Å². The van der Waals surface area contributed by atoms with Crippen LogP contribution in [0.3, 0.4) is 0 Å². The van der Waals surface area contributed by atoms with Crippen LogP contribution in [0, 0.1) is 5.82 Å². The minimum absolute atomic E-state index is 0.00571. The lowest BCUT2D eigenvalue weighted by molar-refractivity contribution is -0.139. The second-order valence-corrected chi connectivity index (χ2v) is 10.4. The van der Waals surface area contributed by atoms with Crippen LogP contribution in [0.25, 0.3) is 0 Å². The summed E-state index contributed by atoms with van der Waals surface area (Å²) in [6, 6.07) is 6.76. The Morgan fingerprint density at radius 2 is 1.81 bits per heavy atom. The molecule has 0 amide bonds. The van der Waals surface area contributed by atoms with Crippen molar-refractivity contribution in [2.45, 2.75) is 61.1 Å². The molecule has 0 saturated carbocycles. The highest BCUT2D eigenvalue weighted by molar-refractivity contribution is 7.92. The second kappa shape index (κ2) is 8.59. The lowest BCUT2D eigenvalue weighted by Crippen LogP contribution is -2.38. The molecule has 0 spiro atoms. The van der Waals surface area contributed by atoms with E-state index in [0.29, 0.717) is 18.6 Å². The van der Waals surface area contributed by atoms with E-state index < -0.39 is 39.5 Å². The van der Waals surface area contributed by atoms with Crippen molar-refractivity contribution in [3.63, 3.8) is 0 Å². The molecule has 8 heteroatoms. The number of carboxylic acids is 1. The van der Waals surface area contributed by atoms with Crippen molar-refractivity contribution in [2.75, 3.05) is 6.61 Å². The fourth-order valence-corrected chi connectivity index (χ4v) is 6.37. The molecule has 0 radical (unpaired) electrons. The summed E-state index contributed by atoms with van der Waals surface area (Å²) in [5, 5.41) is 7.94. The monoisotopic (exact) mass is 447 g/mol. The summed E-state index contributed by atoms with van der Waals surface area (Å²) < 4.78 is 45.4. The van der Waals surface area contributed by atoms with E-state index >= 15 is 0 Å². The smallest absolute Gasteiger partial charge is 0.341 e. The van der Waals surface area contributed by atoms with Gasteiger partial charge in [-0.05, 0) is 91.5 Å². The fraction of sp³-hybridized carbons (Fsp3) is 0.435. The number of hydrogen-bond donors (Lipinski definition) is 2. The number of nitrogens with two attached hydrogens (primary N) is 1. The van der Waals surface area contributed by atoms with Crippen LogP contribution in [-0.2, 0) is 33.9 Å². The molecular weight excluding hydrogens is 421 g/mol. The van der Waals surface area contributed by atoms with E-state index in [1.165, 1.54) is 12.1 Å². The summed E-state index contributed by atoms with van der Waals surface area (Å²) in [4.78, 5) is 11.1. The summed E-state index contributed by atoms with van der Waals surface area (Å²) in [6.07, 6.45) is 5.72. The first-order valence-electron chi connectivity index (χ1n) is 10.6. The van der Waals surface area contributed by atoms with E-state index in [2.05, 4.69) is 6.07 Å². The van der Waals surface area contributed by atoms with Crippen LogP contribution < -0.4 is 10.5 Å². The molecule has 3 N–H and O–H groups in total. The average molecular weight is 448 g/mol. The van der Waals surface area contributed by atoms with Gasteiger partial charge in [0.05, 0.1) is 4.90 Å². The van der Waals surface area contributed by atoms with E-state index in [1.54, 1.807) is 0 Å². The molecule has 0 heterocycles. The zero-order chi connectivity index (χ0) is 22.2. The van der Waals surface area contributed by atoms with Crippen LogP contribution in [0.2, 0.25) is 0 Å². The SMILES string of the molecule is NC(C1CCCc2c1cc1c(c2OCC(=O)O)CCCC1)S(=O)(=O)c1ccc(F)cc1. The van der Waals surface area contributed by atoms with Crippen LogP contribution in [-0.4, -0.2) is 31.5 Å². The van der Waals surface area contributed by atoms with Crippen molar-refractivity contribution in [3.8, 4) is 5.75 Å². The summed E-state index contributed by atoms with van der Waals surface area (Å²) in [5.41, 5.74) is 10.2. The number of sulfone groups is 1. The van der Waals surface area contributed by atoms with Crippen LogP contribution in [0.15, 0.2) is 35.2 Å². The number of hydrogen-bond acceptors (Lipinski definition) is 5. The van der Waals surface area contributed by atoms with Crippen LogP contribution in [0.5, 0.6) is 5.75 Å². The minimum Gasteiger partial charge on any atom is -0.481 e. The first kappa shape index (κ1) is 21.8. The molecule has 4 rings (SSSR count). The Kier molecular flexibility index (Phi) is 6.03. The lowest BCUT2D eigenvalue weighted by atomic mass is 9.77. The minimum atomic E-state index is -3.88. The zero-order valence-corrected chi connectivity index (χ0v) is 18.0. The van der Waals surface area contributed by atoms with Gasteiger partial charge in [-0.3, -0.25) is 0 Å². The average Bonchev–Trinajstić information content (AvgIpc) is 2.76. The highest BCUT2D eigenvalue weighted by Crippen LogP contribution is 2.44.